The summed E-state index contributed by atoms with van der Waals surface area (Å²) < 4.78 is 18.2. The third-order valence-electron chi connectivity index (χ3n) is 5.50. The Balaban J connectivity index is 1.70. The molecule has 0 radical (unpaired) electrons. The molecule has 2 heterocycles. The lowest BCUT2D eigenvalue weighted by molar-refractivity contribution is 0.324. The van der Waals surface area contributed by atoms with E-state index in [4.69, 9.17) is 19.3 Å². The molecule has 0 unspecified atom stereocenters. The molecule has 0 atom stereocenters. The molecule has 1 aromatic carbocycles. The normalized spacial score (nSPS) is 14.5. The fraction of sp³-hybridized carbons (Fsp3) is 0.476. The number of methoxy groups -OCH3 is 3. The molecule has 1 fully saturated rings. The van der Waals surface area contributed by atoms with E-state index in [1.807, 2.05) is 18.2 Å². The number of aromatic nitrogens is 4. The molecular formula is C21H26N4O3. The number of aryl methyl sites for hydroxylation is 1. The summed E-state index contributed by atoms with van der Waals surface area (Å²) >= 11 is 0. The average Bonchev–Trinajstić information content (AvgIpc) is 3.39. The van der Waals surface area contributed by atoms with Gasteiger partial charge in [0.05, 0.1) is 27.0 Å². The minimum absolute atomic E-state index is 0.565. The lowest BCUT2D eigenvalue weighted by Crippen LogP contribution is -2.00. The van der Waals surface area contributed by atoms with Crippen molar-refractivity contribution in [3.05, 3.63) is 30.2 Å². The Kier molecular flexibility index (Phi) is 5.32. The van der Waals surface area contributed by atoms with Crippen LogP contribution in [0, 0.1) is 5.92 Å². The van der Waals surface area contributed by atoms with E-state index in [-0.39, 0.29) is 0 Å². The van der Waals surface area contributed by atoms with E-state index in [2.05, 4.69) is 9.97 Å². The summed E-state index contributed by atoms with van der Waals surface area (Å²) in [6.45, 7) is 0. The lowest BCUT2D eigenvalue weighted by atomic mass is 10.0. The molecule has 1 aliphatic rings. The first-order valence-corrected chi connectivity index (χ1v) is 9.74. The van der Waals surface area contributed by atoms with E-state index in [9.17, 15) is 0 Å². The number of hydrogen-bond acceptors (Lipinski definition) is 6. The zero-order chi connectivity index (χ0) is 19.5. The molecule has 4 rings (SSSR count). The summed E-state index contributed by atoms with van der Waals surface area (Å²) in [4.78, 5) is 9.02. The lowest BCUT2D eigenvalue weighted by Gasteiger charge is -2.14. The predicted molar refractivity (Wildman–Crippen MR) is 106 cm³/mol. The Morgan fingerprint density at radius 2 is 1.75 bits per heavy atom. The molecule has 7 heteroatoms. The molecule has 7 nitrogen and oxygen atoms in total. The molecule has 1 saturated carbocycles. The fourth-order valence-corrected chi connectivity index (χ4v) is 4.02. The third kappa shape index (κ3) is 3.48. The molecule has 0 spiro atoms. The zero-order valence-electron chi connectivity index (χ0n) is 16.6. The van der Waals surface area contributed by atoms with Crippen LogP contribution < -0.4 is 14.2 Å². The van der Waals surface area contributed by atoms with Crippen LogP contribution in [0.3, 0.4) is 0 Å². The molecule has 2 aromatic heterocycles. The Morgan fingerprint density at radius 1 is 1.04 bits per heavy atom. The van der Waals surface area contributed by atoms with Crippen LogP contribution in [0.5, 0.6) is 17.2 Å². The van der Waals surface area contributed by atoms with Gasteiger partial charge in [-0.3, -0.25) is 0 Å². The standard InChI is InChI=1S/C21H26N4O3/c1-26-17-12-15(13-18(27-2)20(17)28-3)16-10-11-22-21-23-19(24-25(16)21)9-8-14-6-4-5-7-14/h10-14H,4-9H2,1-3H3. The quantitative estimate of drug-likeness (QED) is 0.616. The highest BCUT2D eigenvalue weighted by Gasteiger charge is 2.18. The van der Waals surface area contributed by atoms with Crippen molar-refractivity contribution in [3.63, 3.8) is 0 Å². The summed E-state index contributed by atoms with van der Waals surface area (Å²) in [6, 6.07) is 5.75. The number of fused-ring (bicyclic) bond motifs is 1. The summed E-state index contributed by atoms with van der Waals surface area (Å²) in [6.07, 6.45) is 9.18. The van der Waals surface area contributed by atoms with E-state index >= 15 is 0 Å². The van der Waals surface area contributed by atoms with Gasteiger partial charge < -0.3 is 14.2 Å². The largest absolute Gasteiger partial charge is 0.493 e. The number of nitrogens with zero attached hydrogens (tertiary/aromatic N) is 4. The Labute approximate surface area is 164 Å². The van der Waals surface area contributed by atoms with Gasteiger partial charge in [-0.2, -0.15) is 9.50 Å². The minimum atomic E-state index is 0.565. The fourth-order valence-electron chi connectivity index (χ4n) is 4.02. The SMILES string of the molecule is COc1cc(-c2ccnc3nc(CCC4CCCC4)nn23)cc(OC)c1OC. The molecule has 0 N–H and O–H groups in total. The maximum atomic E-state index is 5.49. The highest BCUT2D eigenvalue weighted by Crippen LogP contribution is 2.41. The van der Waals surface area contributed by atoms with Gasteiger partial charge >= 0.3 is 0 Å². The van der Waals surface area contributed by atoms with Gasteiger partial charge in [-0.1, -0.05) is 25.7 Å². The van der Waals surface area contributed by atoms with Gasteiger partial charge in [0, 0.05) is 18.2 Å². The number of benzene rings is 1. The summed E-state index contributed by atoms with van der Waals surface area (Å²) in [5.74, 6) is 4.03. The van der Waals surface area contributed by atoms with Crippen LogP contribution in [-0.4, -0.2) is 40.9 Å². The van der Waals surface area contributed by atoms with E-state index in [0.717, 1.165) is 35.8 Å². The molecule has 3 aromatic rings. The molecule has 148 valence electrons. The first-order valence-electron chi connectivity index (χ1n) is 9.74. The van der Waals surface area contributed by atoms with Crippen molar-refractivity contribution in [3.8, 4) is 28.5 Å². The van der Waals surface area contributed by atoms with Gasteiger partial charge in [-0.05, 0) is 30.5 Å². The van der Waals surface area contributed by atoms with Crippen molar-refractivity contribution >= 4 is 5.78 Å². The van der Waals surface area contributed by atoms with Crippen LogP contribution in [0.15, 0.2) is 24.4 Å². The van der Waals surface area contributed by atoms with Crippen molar-refractivity contribution in [2.24, 2.45) is 5.92 Å². The second kappa shape index (κ2) is 8.04. The van der Waals surface area contributed by atoms with E-state index in [1.165, 1.54) is 25.7 Å². The monoisotopic (exact) mass is 382 g/mol. The average molecular weight is 382 g/mol. The van der Waals surface area contributed by atoms with E-state index < -0.39 is 0 Å². The predicted octanol–water partition coefficient (Wildman–Crippen LogP) is 3.94. The van der Waals surface area contributed by atoms with Gasteiger partial charge in [0.1, 0.15) is 0 Å². The van der Waals surface area contributed by atoms with Gasteiger partial charge in [0.15, 0.2) is 17.3 Å². The second-order valence-electron chi connectivity index (χ2n) is 7.17. The molecule has 0 saturated heterocycles. The van der Waals surface area contributed by atoms with Gasteiger partial charge in [0.25, 0.3) is 5.78 Å². The molecule has 0 bridgehead atoms. The van der Waals surface area contributed by atoms with Crippen molar-refractivity contribution in [2.75, 3.05) is 21.3 Å². The topological polar surface area (TPSA) is 70.8 Å². The maximum absolute atomic E-state index is 5.49. The van der Waals surface area contributed by atoms with Gasteiger partial charge in [-0.15, -0.1) is 5.10 Å². The second-order valence-corrected chi connectivity index (χ2v) is 7.17. The summed E-state index contributed by atoms with van der Waals surface area (Å²) in [7, 11) is 4.82. The van der Waals surface area contributed by atoms with Gasteiger partial charge in [-0.25, -0.2) is 4.98 Å². The highest BCUT2D eigenvalue weighted by molar-refractivity contribution is 5.69. The van der Waals surface area contributed by atoms with Crippen molar-refractivity contribution in [2.45, 2.75) is 38.5 Å². The minimum Gasteiger partial charge on any atom is -0.493 e. The molecular weight excluding hydrogens is 356 g/mol. The molecule has 28 heavy (non-hydrogen) atoms. The van der Waals surface area contributed by atoms with Crippen molar-refractivity contribution in [1.29, 1.82) is 0 Å². The Bertz CT molecular complexity index is 938. The van der Waals surface area contributed by atoms with Crippen LogP contribution in [0.25, 0.3) is 17.0 Å². The highest BCUT2D eigenvalue weighted by atomic mass is 16.5. The molecule has 0 amide bonds. The number of ether oxygens (including phenoxy) is 3. The van der Waals surface area contributed by atoms with Crippen LogP contribution >= 0.6 is 0 Å². The third-order valence-corrected chi connectivity index (χ3v) is 5.50. The zero-order valence-corrected chi connectivity index (χ0v) is 16.6. The first kappa shape index (κ1) is 18.5. The number of rotatable bonds is 7. The molecule has 0 aliphatic heterocycles. The van der Waals surface area contributed by atoms with Crippen molar-refractivity contribution < 1.29 is 14.2 Å². The van der Waals surface area contributed by atoms with Crippen LogP contribution in [0.1, 0.15) is 37.9 Å². The van der Waals surface area contributed by atoms with Crippen molar-refractivity contribution in [1.82, 2.24) is 19.6 Å². The first-order chi connectivity index (χ1) is 13.7. The summed E-state index contributed by atoms with van der Waals surface area (Å²) in [5, 5.41) is 4.73. The number of hydrogen-bond donors (Lipinski definition) is 0. The Morgan fingerprint density at radius 3 is 2.39 bits per heavy atom. The van der Waals surface area contributed by atoms with Crippen LogP contribution in [0.4, 0.5) is 0 Å². The Hall–Kier alpha value is -2.83. The molecule has 1 aliphatic carbocycles. The van der Waals surface area contributed by atoms with Crippen LogP contribution in [0.2, 0.25) is 0 Å². The van der Waals surface area contributed by atoms with E-state index in [0.29, 0.717) is 23.0 Å². The van der Waals surface area contributed by atoms with Gasteiger partial charge in [0.2, 0.25) is 5.75 Å². The smallest absolute Gasteiger partial charge is 0.252 e. The summed E-state index contributed by atoms with van der Waals surface area (Å²) in [5.41, 5.74) is 1.78. The van der Waals surface area contributed by atoms with Crippen LogP contribution in [-0.2, 0) is 6.42 Å². The maximum Gasteiger partial charge on any atom is 0.252 e. The van der Waals surface area contributed by atoms with E-state index in [1.54, 1.807) is 32.0 Å².